The van der Waals surface area contributed by atoms with Gasteiger partial charge in [-0.1, -0.05) is 35.9 Å². The van der Waals surface area contributed by atoms with Crippen LogP contribution in [0.15, 0.2) is 36.4 Å². The Hall–Kier alpha value is -2.14. The van der Waals surface area contributed by atoms with E-state index in [0.29, 0.717) is 17.9 Å². The van der Waals surface area contributed by atoms with Gasteiger partial charge in [0.25, 0.3) is 0 Å². The number of hydrogen-bond acceptors (Lipinski definition) is 3. The minimum absolute atomic E-state index is 0.113. The Morgan fingerprint density at radius 2 is 1.72 bits per heavy atom. The summed E-state index contributed by atoms with van der Waals surface area (Å²) in [7, 11) is 0. The van der Waals surface area contributed by atoms with Gasteiger partial charge in [0.1, 0.15) is 0 Å². The van der Waals surface area contributed by atoms with Gasteiger partial charge in [-0.05, 0) is 37.5 Å². The van der Waals surface area contributed by atoms with E-state index < -0.39 is 0 Å². The number of fused-ring (bicyclic) bond motifs is 1. The molecule has 2 aliphatic rings. The first kappa shape index (κ1) is 17.7. The van der Waals surface area contributed by atoms with Crippen LogP contribution in [0, 0.1) is 11.8 Å². The predicted octanol–water partition coefficient (Wildman–Crippen LogP) is 2.86. The molecule has 0 unspecified atom stereocenters. The van der Waals surface area contributed by atoms with Crippen molar-refractivity contribution >= 4 is 29.3 Å². The van der Waals surface area contributed by atoms with E-state index in [1.54, 1.807) is 12.1 Å². The maximum absolute atomic E-state index is 12.4. The predicted molar refractivity (Wildman–Crippen MR) is 94.7 cm³/mol. The Labute approximate surface area is 152 Å². The number of carbonyl (C=O) groups is 3. The van der Waals surface area contributed by atoms with Crippen LogP contribution in [0.3, 0.4) is 0 Å². The molecule has 1 saturated heterocycles. The van der Waals surface area contributed by atoms with Gasteiger partial charge in [-0.2, -0.15) is 0 Å². The summed E-state index contributed by atoms with van der Waals surface area (Å²) in [4.78, 5) is 38.2. The van der Waals surface area contributed by atoms with Crippen molar-refractivity contribution in [3.05, 3.63) is 47.0 Å². The van der Waals surface area contributed by atoms with Crippen molar-refractivity contribution in [2.75, 3.05) is 6.54 Å². The highest BCUT2D eigenvalue weighted by atomic mass is 35.5. The van der Waals surface area contributed by atoms with Gasteiger partial charge < -0.3 is 5.32 Å². The molecule has 1 aliphatic heterocycles. The van der Waals surface area contributed by atoms with Crippen LogP contribution in [-0.2, 0) is 14.4 Å². The second-order valence-electron chi connectivity index (χ2n) is 6.57. The van der Waals surface area contributed by atoms with Crippen LogP contribution >= 0.6 is 11.6 Å². The van der Waals surface area contributed by atoms with Crippen molar-refractivity contribution in [2.24, 2.45) is 11.8 Å². The van der Waals surface area contributed by atoms with Crippen LogP contribution in [0.25, 0.3) is 0 Å². The fraction of sp³-hybridized carbons (Fsp3) is 0.421. The van der Waals surface area contributed by atoms with Crippen molar-refractivity contribution in [3.8, 4) is 0 Å². The molecule has 6 heteroatoms. The Morgan fingerprint density at radius 1 is 1.16 bits per heavy atom. The van der Waals surface area contributed by atoms with E-state index in [1.165, 1.54) is 4.90 Å². The Bertz CT molecular complexity index is 688. The zero-order valence-electron chi connectivity index (χ0n) is 14.1. The van der Waals surface area contributed by atoms with Crippen LogP contribution < -0.4 is 5.32 Å². The van der Waals surface area contributed by atoms with Crippen molar-refractivity contribution in [1.82, 2.24) is 10.2 Å². The lowest BCUT2D eigenvalue weighted by atomic mass is 9.85. The molecule has 0 aromatic heterocycles. The van der Waals surface area contributed by atoms with Gasteiger partial charge in [-0.25, -0.2) is 0 Å². The van der Waals surface area contributed by atoms with Crippen LogP contribution in [0.5, 0.6) is 0 Å². The number of allylic oxidation sites excluding steroid dienone is 2. The van der Waals surface area contributed by atoms with E-state index in [4.69, 9.17) is 11.6 Å². The van der Waals surface area contributed by atoms with Gasteiger partial charge in [0, 0.05) is 18.0 Å². The first-order chi connectivity index (χ1) is 12.0. The summed E-state index contributed by atoms with van der Waals surface area (Å²) in [6.45, 7) is 2.03. The quantitative estimate of drug-likeness (QED) is 0.648. The molecule has 3 amide bonds. The molecule has 132 valence electrons. The largest absolute Gasteiger partial charge is 0.350 e. The van der Waals surface area contributed by atoms with E-state index in [9.17, 15) is 14.4 Å². The van der Waals surface area contributed by atoms with E-state index in [-0.39, 0.29) is 48.6 Å². The highest BCUT2D eigenvalue weighted by Gasteiger charge is 2.46. The number of halogens is 1. The molecule has 0 radical (unpaired) electrons. The number of imide groups is 1. The van der Waals surface area contributed by atoms with Crippen molar-refractivity contribution in [2.45, 2.75) is 32.2 Å². The third-order valence-corrected chi connectivity index (χ3v) is 5.16. The molecule has 1 heterocycles. The van der Waals surface area contributed by atoms with Gasteiger partial charge >= 0.3 is 0 Å². The fourth-order valence-electron chi connectivity index (χ4n) is 3.45. The summed E-state index contributed by atoms with van der Waals surface area (Å²) in [6, 6.07) is 7.10. The number of carbonyl (C=O) groups excluding carboxylic acids is 3. The average molecular weight is 361 g/mol. The monoisotopic (exact) mass is 360 g/mol. The molecule has 1 aromatic carbocycles. The number of likely N-dealkylation sites (tertiary alicyclic amines) is 1. The molecule has 25 heavy (non-hydrogen) atoms. The lowest BCUT2D eigenvalue weighted by Crippen LogP contribution is -2.36. The Morgan fingerprint density at radius 3 is 2.28 bits per heavy atom. The number of hydrogen-bond donors (Lipinski definition) is 1. The molecular weight excluding hydrogens is 340 g/mol. The summed E-state index contributed by atoms with van der Waals surface area (Å²) in [5.74, 6) is -0.950. The molecule has 0 bridgehead atoms. The third-order valence-electron chi connectivity index (χ3n) is 4.91. The zero-order chi connectivity index (χ0) is 18.0. The standard InChI is InChI=1S/C19H21ClN2O3/c1-12(13-6-8-14(20)9-7-13)21-17(23)10-11-22-18(24)15-4-2-3-5-16(15)19(22)25/h2-3,6-9,12,15-16H,4-5,10-11H2,1H3,(H,21,23)/t12-,15+,16+/m1/s1. The molecule has 0 saturated carbocycles. The number of nitrogens with one attached hydrogen (secondary N) is 1. The molecule has 0 spiro atoms. The van der Waals surface area contributed by atoms with Crippen molar-refractivity contribution < 1.29 is 14.4 Å². The summed E-state index contributed by atoms with van der Waals surface area (Å²) in [5.41, 5.74) is 0.947. The Kier molecular flexibility index (Phi) is 5.23. The Balaban J connectivity index is 1.53. The van der Waals surface area contributed by atoms with Gasteiger partial charge in [-0.3, -0.25) is 19.3 Å². The SMILES string of the molecule is C[C@@H](NC(=O)CCN1C(=O)[C@H]2CC=CC[C@@H]2C1=O)c1ccc(Cl)cc1. The lowest BCUT2D eigenvalue weighted by molar-refractivity contribution is -0.140. The third kappa shape index (κ3) is 3.76. The van der Waals surface area contributed by atoms with Gasteiger partial charge in [0.05, 0.1) is 17.9 Å². The molecule has 3 rings (SSSR count). The summed E-state index contributed by atoms with van der Waals surface area (Å²) in [6.07, 6.45) is 5.26. The second-order valence-corrected chi connectivity index (χ2v) is 7.01. The normalized spacial score (nSPS) is 23.5. The smallest absolute Gasteiger partial charge is 0.233 e. The van der Waals surface area contributed by atoms with Crippen LogP contribution in [-0.4, -0.2) is 29.2 Å². The van der Waals surface area contributed by atoms with Gasteiger partial charge in [-0.15, -0.1) is 0 Å². The summed E-state index contributed by atoms with van der Waals surface area (Å²) in [5, 5.41) is 3.53. The molecule has 1 aromatic rings. The number of amides is 3. The van der Waals surface area contributed by atoms with Crippen molar-refractivity contribution in [3.63, 3.8) is 0 Å². The van der Waals surface area contributed by atoms with Gasteiger partial charge in [0.15, 0.2) is 0 Å². The van der Waals surface area contributed by atoms with E-state index in [2.05, 4.69) is 5.32 Å². The maximum atomic E-state index is 12.4. The molecular formula is C19H21ClN2O3. The molecule has 5 nitrogen and oxygen atoms in total. The molecule has 1 aliphatic carbocycles. The van der Waals surface area contributed by atoms with E-state index >= 15 is 0 Å². The highest BCUT2D eigenvalue weighted by Crippen LogP contribution is 2.35. The maximum Gasteiger partial charge on any atom is 0.233 e. The lowest BCUT2D eigenvalue weighted by Gasteiger charge is -2.17. The van der Waals surface area contributed by atoms with Crippen LogP contribution in [0.1, 0.15) is 37.8 Å². The zero-order valence-corrected chi connectivity index (χ0v) is 14.8. The number of benzene rings is 1. The number of nitrogens with zero attached hydrogens (tertiary/aromatic N) is 1. The summed E-state index contributed by atoms with van der Waals surface area (Å²) >= 11 is 5.86. The first-order valence-corrected chi connectivity index (χ1v) is 8.90. The topological polar surface area (TPSA) is 66.5 Å². The first-order valence-electron chi connectivity index (χ1n) is 8.52. The minimum atomic E-state index is -0.242. The average Bonchev–Trinajstić information content (AvgIpc) is 2.85. The highest BCUT2D eigenvalue weighted by molar-refractivity contribution is 6.30. The molecule has 3 atom stereocenters. The van der Waals surface area contributed by atoms with Crippen LogP contribution in [0.2, 0.25) is 5.02 Å². The fourth-order valence-corrected chi connectivity index (χ4v) is 3.58. The van der Waals surface area contributed by atoms with Crippen molar-refractivity contribution in [1.29, 1.82) is 0 Å². The van der Waals surface area contributed by atoms with E-state index in [1.807, 2.05) is 31.2 Å². The van der Waals surface area contributed by atoms with Crippen LogP contribution in [0.4, 0.5) is 0 Å². The van der Waals surface area contributed by atoms with Gasteiger partial charge in [0.2, 0.25) is 17.7 Å². The van der Waals surface area contributed by atoms with E-state index in [0.717, 1.165) is 5.56 Å². The number of rotatable bonds is 5. The minimum Gasteiger partial charge on any atom is -0.350 e. The molecule has 1 N–H and O–H groups in total. The second kappa shape index (κ2) is 7.40. The molecule has 1 fully saturated rings. The summed E-state index contributed by atoms with van der Waals surface area (Å²) < 4.78 is 0.